The van der Waals surface area contributed by atoms with Crippen LogP contribution in [0.1, 0.15) is 31.9 Å². The predicted molar refractivity (Wildman–Crippen MR) is 118 cm³/mol. The van der Waals surface area contributed by atoms with Crippen LogP contribution < -0.4 is 15.7 Å². The van der Waals surface area contributed by atoms with E-state index in [1.54, 1.807) is 40.3 Å². The zero-order chi connectivity index (χ0) is 21.9. The van der Waals surface area contributed by atoms with Gasteiger partial charge < -0.3 is 5.32 Å². The molecule has 1 unspecified atom stereocenters. The van der Waals surface area contributed by atoms with Crippen LogP contribution in [0.25, 0.3) is 11.0 Å². The smallest absolute Gasteiger partial charge is 0.329 e. The summed E-state index contributed by atoms with van der Waals surface area (Å²) in [7, 11) is -3.44. The van der Waals surface area contributed by atoms with Gasteiger partial charge in [0.05, 0.1) is 29.0 Å². The molecule has 3 aromatic rings. The zero-order valence-electron chi connectivity index (χ0n) is 17.3. The molecule has 8 nitrogen and oxygen atoms in total. The van der Waals surface area contributed by atoms with E-state index in [1.165, 1.54) is 0 Å². The van der Waals surface area contributed by atoms with Gasteiger partial charge in [0.1, 0.15) is 0 Å². The Kier molecular flexibility index (Phi) is 6.31. The molecule has 0 bridgehead atoms. The van der Waals surface area contributed by atoms with Gasteiger partial charge in [-0.3, -0.25) is 18.7 Å². The summed E-state index contributed by atoms with van der Waals surface area (Å²) in [5.74, 6) is -0.225. The van der Waals surface area contributed by atoms with Crippen LogP contribution in [-0.2, 0) is 27.9 Å². The monoisotopic (exact) mass is 430 g/mol. The number of benzene rings is 2. The molecule has 0 spiro atoms. The number of imidazole rings is 1. The Labute approximate surface area is 175 Å². The van der Waals surface area contributed by atoms with Gasteiger partial charge in [-0.1, -0.05) is 30.3 Å². The predicted octanol–water partition coefficient (Wildman–Crippen LogP) is 2.46. The summed E-state index contributed by atoms with van der Waals surface area (Å²) >= 11 is 0. The number of nitrogens with zero attached hydrogens (tertiary/aromatic N) is 2. The van der Waals surface area contributed by atoms with E-state index in [0.717, 1.165) is 17.3 Å². The minimum atomic E-state index is -3.44. The van der Waals surface area contributed by atoms with Gasteiger partial charge in [0.25, 0.3) is 0 Å². The van der Waals surface area contributed by atoms with Gasteiger partial charge in [0.15, 0.2) is 0 Å². The van der Waals surface area contributed by atoms with Crippen molar-refractivity contribution in [3.63, 3.8) is 0 Å². The number of rotatable bonds is 8. The molecule has 1 amide bonds. The first kappa shape index (κ1) is 21.6. The van der Waals surface area contributed by atoms with E-state index >= 15 is 0 Å². The normalized spacial score (nSPS) is 12.6. The molecule has 0 saturated carbocycles. The number of amides is 1. The summed E-state index contributed by atoms with van der Waals surface area (Å²) in [4.78, 5) is 25.2. The lowest BCUT2D eigenvalue weighted by atomic mass is 10.1. The maximum absolute atomic E-state index is 12.7. The fourth-order valence-electron chi connectivity index (χ4n) is 3.57. The second-order valence-electron chi connectivity index (χ2n) is 7.17. The van der Waals surface area contributed by atoms with Crippen LogP contribution in [0.5, 0.6) is 0 Å². The third kappa shape index (κ3) is 4.73. The Morgan fingerprint density at radius 3 is 2.27 bits per heavy atom. The Morgan fingerprint density at radius 1 is 1.03 bits per heavy atom. The van der Waals surface area contributed by atoms with Crippen LogP contribution in [-0.4, -0.2) is 29.7 Å². The van der Waals surface area contributed by atoms with E-state index in [9.17, 15) is 18.0 Å². The molecule has 1 aromatic heterocycles. The van der Waals surface area contributed by atoms with Gasteiger partial charge in [0, 0.05) is 19.5 Å². The van der Waals surface area contributed by atoms with E-state index in [4.69, 9.17) is 0 Å². The summed E-state index contributed by atoms with van der Waals surface area (Å²) in [5.41, 5.74) is 2.60. The van der Waals surface area contributed by atoms with Crippen molar-refractivity contribution < 1.29 is 13.2 Å². The molecule has 160 valence electrons. The summed E-state index contributed by atoms with van der Waals surface area (Å²) in [5, 5.41) is 2.88. The zero-order valence-corrected chi connectivity index (χ0v) is 18.1. The van der Waals surface area contributed by atoms with Crippen LogP contribution in [0.15, 0.2) is 53.3 Å². The second kappa shape index (κ2) is 8.74. The first-order valence-electron chi connectivity index (χ1n) is 9.75. The van der Waals surface area contributed by atoms with Crippen LogP contribution in [0.4, 0.5) is 5.69 Å². The van der Waals surface area contributed by atoms with Crippen molar-refractivity contribution >= 4 is 32.7 Å². The number of sulfonamides is 1. The minimum absolute atomic E-state index is 0.129. The van der Waals surface area contributed by atoms with Gasteiger partial charge in [-0.05, 0) is 37.6 Å². The molecule has 1 atom stereocenters. The molecular weight excluding hydrogens is 404 g/mol. The molecular formula is C21H26N4O4S. The molecule has 1 heterocycles. The summed E-state index contributed by atoms with van der Waals surface area (Å²) < 4.78 is 28.9. The quantitative estimate of drug-likeness (QED) is 0.573. The number of carbonyl (C=O) groups excluding carboxylic acids is 1. The number of fused-ring (bicyclic) bond motifs is 1. The van der Waals surface area contributed by atoms with Crippen LogP contribution >= 0.6 is 0 Å². The highest BCUT2D eigenvalue weighted by Crippen LogP contribution is 2.23. The third-order valence-corrected chi connectivity index (χ3v) is 5.49. The standard InChI is InChI=1S/C21H26N4O4S/c1-4-24-18-11-7-8-12-19(18)25(21(24)27)14-13-20(26)22-15(2)16-9-5-6-10-17(16)23-30(3,28)29/h5-12,15,23H,4,13-14H2,1-3H3,(H,22,26). The van der Waals surface area contributed by atoms with Crippen molar-refractivity contribution in [3.05, 3.63) is 64.6 Å². The van der Waals surface area contributed by atoms with Crippen molar-refractivity contribution in [1.82, 2.24) is 14.5 Å². The molecule has 9 heteroatoms. The minimum Gasteiger partial charge on any atom is -0.349 e. The van der Waals surface area contributed by atoms with Gasteiger partial charge in [0.2, 0.25) is 15.9 Å². The highest BCUT2D eigenvalue weighted by molar-refractivity contribution is 7.92. The molecule has 0 radical (unpaired) electrons. The summed E-state index contributed by atoms with van der Waals surface area (Å²) in [6.07, 6.45) is 1.21. The molecule has 0 fully saturated rings. The Morgan fingerprint density at radius 2 is 1.63 bits per heavy atom. The molecule has 0 aliphatic rings. The average Bonchev–Trinajstić information content (AvgIpc) is 2.96. The van der Waals surface area contributed by atoms with Gasteiger partial charge >= 0.3 is 5.69 Å². The van der Waals surface area contributed by atoms with E-state index in [2.05, 4.69) is 10.0 Å². The van der Waals surface area contributed by atoms with Crippen molar-refractivity contribution in [2.24, 2.45) is 0 Å². The molecule has 0 saturated heterocycles. The number of aromatic nitrogens is 2. The van der Waals surface area contributed by atoms with Crippen molar-refractivity contribution in [1.29, 1.82) is 0 Å². The molecule has 30 heavy (non-hydrogen) atoms. The molecule has 0 aliphatic carbocycles. The maximum Gasteiger partial charge on any atom is 0.329 e. The number of hydrogen-bond acceptors (Lipinski definition) is 4. The fourth-order valence-corrected chi connectivity index (χ4v) is 4.15. The lowest BCUT2D eigenvalue weighted by Gasteiger charge is -2.18. The largest absolute Gasteiger partial charge is 0.349 e. The Hall–Kier alpha value is -3.07. The van der Waals surface area contributed by atoms with E-state index in [0.29, 0.717) is 17.8 Å². The number of hydrogen-bond donors (Lipinski definition) is 2. The van der Waals surface area contributed by atoms with Crippen LogP contribution in [0.2, 0.25) is 0 Å². The van der Waals surface area contributed by atoms with Gasteiger partial charge in [-0.25, -0.2) is 13.2 Å². The average molecular weight is 431 g/mol. The van der Waals surface area contributed by atoms with Crippen molar-refractivity contribution in [2.45, 2.75) is 39.4 Å². The maximum atomic E-state index is 12.7. The van der Waals surface area contributed by atoms with E-state index in [1.807, 2.05) is 31.2 Å². The molecule has 3 rings (SSSR count). The Balaban J connectivity index is 1.73. The SMILES string of the molecule is CCn1c(=O)n(CCC(=O)NC(C)c2ccccc2NS(C)(=O)=O)c2ccccc21. The van der Waals surface area contributed by atoms with Crippen LogP contribution in [0, 0.1) is 0 Å². The summed E-state index contributed by atoms with van der Waals surface area (Å²) in [6.45, 7) is 4.51. The second-order valence-corrected chi connectivity index (χ2v) is 8.92. The van der Waals surface area contributed by atoms with E-state index < -0.39 is 16.1 Å². The van der Waals surface area contributed by atoms with E-state index in [-0.39, 0.29) is 24.6 Å². The third-order valence-electron chi connectivity index (χ3n) is 4.90. The van der Waals surface area contributed by atoms with Crippen molar-refractivity contribution in [3.8, 4) is 0 Å². The topological polar surface area (TPSA) is 102 Å². The number of carbonyl (C=O) groups is 1. The lowest BCUT2D eigenvalue weighted by Crippen LogP contribution is -2.30. The molecule has 0 aliphatic heterocycles. The van der Waals surface area contributed by atoms with Crippen molar-refractivity contribution in [2.75, 3.05) is 11.0 Å². The number of anilines is 1. The summed E-state index contributed by atoms with van der Waals surface area (Å²) in [6, 6.07) is 14.0. The fraction of sp³-hybridized carbons (Fsp3) is 0.333. The Bertz CT molecular complexity index is 1230. The highest BCUT2D eigenvalue weighted by atomic mass is 32.2. The van der Waals surface area contributed by atoms with Gasteiger partial charge in [-0.2, -0.15) is 0 Å². The highest BCUT2D eigenvalue weighted by Gasteiger charge is 2.17. The number of nitrogens with one attached hydrogen (secondary N) is 2. The first-order chi connectivity index (χ1) is 14.2. The number of para-hydroxylation sites is 3. The van der Waals surface area contributed by atoms with Gasteiger partial charge in [-0.15, -0.1) is 0 Å². The molecule has 2 N–H and O–H groups in total. The lowest BCUT2D eigenvalue weighted by molar-refractivity contribution is -0.121. The number of aryl methyl sites for hydroxylation is 2. The van der Waals surface area contributed by atoms with Crippen LogP contribution in [0.3, 0.4) is 0 Å². The molecule has 2 aromatic carbocycles. The first-order valence-corrected chi connectivity index (χ1v) is 11.6.